The van der Waals surface area contributed by atoms with Gasteiger partial charge in [0.1, 0.15) is 0 Å². The highest BCUT2D eigenvalue weighted by Crippen LogP contribution is 2.19. The minimum absolute atomic E-state index is 0.0367. The van der Waals surface area contributed by atoms with Crippen LogP contribution in [0.5, 0.6) is 0 Å². The van der Waals surface area contributed by atoms with Gasteiger partial charge in [-0.2, -0.15) is 4.57 Å². The van der Waals surface area contributed by atoms with Gasteiger partial charge in [-0.25, -0.2) is 0 Å². The van der Waals surface area contributed by atoms with E-state index in [4.69, 9.17) is 0 Å². The van der Waals surface area contributed by atoms with Gasteiger partial charge in [0, 0.05) is 17.2 Å². The van der Waals surface area contributed by atoms with Crippen LogP contribution in [-0.4, -0.2) is 17.5 Å². The summed E-state index contributed by atoms with van der Waals surface area (Å²) in [4.78, 5) is 36.7. The second-order valence-electron chi connectivity index (χ2n) is 6.11. The average Bonchev–Trinajstić information content (AvgIpc) is 2.68. The summed E-state index contributed by atoms with van der Waals surface area (Å²) in [7, 11) is 0. The van der Waals surface area contributed by atoms with Gasteiger partial charge < -0.3 is 5.32 Å². The van der Waals surface area contributed by atoms with Crippen molar-refractivity contribution < 1.29 is 19.0 Å². The molecule has 1 amide bonds. The molecular weight excluding hydrogens is 340 g/mol. The van der Waals surface area contributed by atoms with E-state index >= 15 is 0 Å². The average molecular weight is 359 g/mol. The van der Waals surface area contributed by atoms with Gasteiger partial charge in [-0.15, -0.1) is 0 Å². The fraction of sp³-hybridized carbons (Fsp3) is 0.0909. The molecule has 0 atom stereocenters. The first-order valence-electron chi connectivity index (χ1n) is 8.53. The Labute approximate surface area is 157 Å². The van der Waals surface area contributed by atoms with Crippen LogP contribution in [0, 0.1) is 0 Å². The standard InChI is InChI=1S/C22H18N2O3/c1-16(25)18-10-7-13-24(14-18)15-21(26)23-20-12-6-5-11-19(20)22(27)17-8-3-2-4-9-17/h2-14H,15H2,1H3/p+1. The van der Waals surface area contributed by atoms with E-state index in [9.17, 15) is 14.4 Å². The molecule has 5 heteroatoms. The van der Waals surface area contributed by atoms with E-state index in [0.717, 1.165) is 0 Å². The molecule has 0 aliphatic carbocycles. The summed E-state index contributed by atoms with van der Waals surface area (Å²) in [6.45, 7) is 1.51. The number of nitrogens with one attached hydrogen (secondary N) is 1. The van der Waals surface area contributed by atoms with Crippen molar-refractivity contribution in [1.82, 2.24) is 0 Å². The van der Waals surface area contributed by atoms with Crippen molar-refractivity contribution >= 4 is 23.2 Å². The van der Waals surface area contributed by atoms with Gasteiger partial charge in [-0.3, -0.25) is 14.4 Å². The van der Waals surface area contributed by atoms with Gasteiger partial charge in [-0.1, -0.05) is 42.5 Å². The molecule has 0 spiro atoms. The maximum absolute atomic E-state index is 12.7. The third-order valence-electron chi connectivity index (χ3n) is 4.07. The number of hydrogen-bond donors (Lipinski definition) is 1. The number of benzene rings is 2. The molecule has 0 fully saturated rings. The van der Waals surface area contributed by atoms with Crippen molar-refractivity contribution in [1.29, 1.82) is 0 Å². The Morgan fingerprint density at radius 3 is 2.26 bits per heavy atom. The molecule has 1 aromatic heterocycles. The fourth-order valence-corrected chi connectivity index (χ4v) is 2.72. The first-order chi connectivity index (χ1) is 13.0. The molecule has 1 heterocycles. The van der Waals surface area contributed by atoms with Crippen LogP contribution in [0.1, 0.15) is 33.2 Å². The Morgan fingerprint density at radius 2 is 1.52 bits per heavy atom. The molecule has 3 aromatic rings. The molecule has 0 unspecified atom stereocenters. The van der Waals surface area contributed by atoms with E-state index in [-0.39, 0.29) is 24.0 Å². The largest absolute Gasteiger partial charge is 0.320 e. The van der Waals surface area contributed by atoms with Crippen LogP contribution in [0.3, 0.4) is 0 Å². The van der Waals surface area contributed by atoms with E-state index in [1.54, 1.807) is 77.6 Å². The van der Waals surface area contributed by atoms with Gasteiger partial charge >= 0.3 is 0 Å². The van der Waals surface area contributed by atoms with Crippen molar-refractivity contribution in [2.24, 2.45) is 0 Å². The zero-order chi connectivity index (χ0) is 19.2. The van der Waals surface area contributed by atoms with Gasteiger partial charge in [0.15, 0.2) is 24.0 Å². The van der Waals surface area contributed by atoms with Crippen LogP contribution in [-0.2, 0) is 11.3 Å². The number of hydrogen-bond acceptors (Lipinski definition) is 3. The lowest BCUT2D eigenvalue weighted by atomic mass is 10.0. The number of Topliss-reactive ketones (excluding diaryl/α,β-unsaturated/α-hetero) is 1. The molecule has 0 saturated carbocycles. The first-order valence-corrected chi connectivity index (χ1v) is 8.53. The van der Waals surface area contributed by atoms with Crippen LogP contribution < -0.4 is 9.88 Å². The number of carbonyl (C=O) groups is 3. The number of pyridine rings is 1. The lowest BCUT2D eigenvalue weighted by molar-refractivity contribution is -0.684. The molecule has 0 aliphatic rings. The summed E-state index contributed by atoms with van der Waals surface area (Å²) >= 11 is 0. The number of amides is 1. The summed E-state index contributed by atoms with van der Waals surface area (Å²) in [5.74, 6) is -0.504. The number of ketones is 2. The molecule has 1 N–H and O–H groups in total. The Kier molecular flexibility index (Phi) is 5.52. The van der Waals surface area contributed by atoms with Gasteiger partial charge in [0.25, 0.3) is 5.91 Å². The molecule has 0 aliphatic heterocycles. The van der Waals surface area contributed by atoms with Crippen molar-refractivity contribution in [2.75, 3.05) is 5.32 Å². The van der Waals surface area contributed by atoms with E-state index in [1.165, 1.54) is 6.92 Å². The number of para-hydroxylation sites is 1. The summed E-state index contributed by atoms with van der Waals surface area (Å²) in [5, 5.41) is 2.79. The van der Waals surface area contributed by atoms with Crippen LogP contribution in [0.2, 0.25) is 0 Å². The fourth-order valence-electron chi connectivity index (χ4n) is 2.72. The van der Waals surface area contributed by atoms with E-state index in [0.29, 0.717) is 22.4 Å². The second-order valence-corrected chi connectivity index (χ2v) is 6.11. The van der Waals surface area contributed by atoms with Crippen molar-refractivity contribution in [2.45, 2.75) is 13.5 Å². The zero-order valence-corrected chi connectivity index (χ0v) is 14.9. The summed E-state index contributed by atoms with van der Waals surface area (Å²) < 4.78 is 1.63. The Bertz CT molecular complexity index is 997. The molecule has 0 radical (unpaired) electrons. The van der Waals surface area contributed by atoms with Gasteiger partial charge in [0.2, 0.25) is 6.54 Å². The number of aromatic nitrogens is 1. The van der Waals surface area contributed by atoms with Crippen molar-refractivity contribution in [3.05, 3.63) is 95.8 Å². The normalized spacial score (nSPS) is 10.3. The van der Waals surface area contributed by atoms with Gasteiger partial charge in [-0.05, 0) is 25.1 Å². The molecule has 27 heavy (non-hydrogen) atoms. The van der Waals surface area contributed by atoms with Crippen molar-refractivity contribution in [3.63, 3.8) is 0 Å². The van der Waals surface area contributed by atoms with Crippen LogP contribution >= 0.6 is 0 Å². The number of nitrogens with zero attached hydrogens (tertiary/aromatic N) is 1. The summed E-state index contributed by atoms with van der Waals surface area (Å²) in [5.41, 5.74) is 1.98. The zero-order valence-electron chi connectivity index (χ0n) is 14.9. The maximum Gasteiger partial charge on any atom is 0.290 e. The highest BCUT2D eigenvalue weighted by Gasteiger charge is 2.17. The van der Waals surface area contributed by atoms with Crippen LogP contribution in [0.4, 0.5) is 5.69 Å². The summed E-state index contributed by atoms with van der Waals surface area (Å²) in [6, 6.07) is 19.3. The SMILES string of the molecule is CC(=O)c1ccc[n+](CC(=O)Nc2ccccc2C(=O)c2ccccc2)c1. The molecular formula is C22H19N2O3+. The monoisotopic (exact) mass is 359 g/mol. The molecule has 0 saturated heterocycles. The minimum atomic E-state index is -0.283. The second kappa shape index (κ2) is 8.19. The molecule has 2 aromatic carbocycles. The predicted octanol–water partition coefficient (Wildman–Crippen LogP) is 3.05. The quantitative estimate of drug-likeness (QED) is 0.543. The van der Waals surface area contributed by atoms with Gasteiger partial charge in [0.05, 0.1) is 11.3 Å². The molecule has 134 valence electrons. The maximum atomic E-state index is 12.7. The van der Waals surface area contributed by atoms with E-state index < -0.39 is 0 Å². The number of rotatable bonds is 6. The molecule has 5 nitrogen and oxygen atoms in total. The summed E-state index contributed by atoms with van der Waals surface area (Å²) in [6.07, 6.45) is 3.34. The Hall–Kier alpha value is -3.60. The molecule has 3 rings (SSSR count). The number of carbonyl (C=O) groups excluding carboxylic acids is 3. The highest BCUT2D eigenvalue weighted by molar-refractivity contribution is 6.13. The minimum Gasteiger partial charge on any atom is -0.320 e. The first kappa shape index (κ1) is 18.2. The third kappa shape index (κ3) is 4.52. The van der Waals surface area contributed by atoms with Crippen molar-refractivity contribution in [3.8, 4) is 0 Å². The third-order valence-corrected chi connectivity index (χ3v) is 4.07. The van der Waals surface area contributed by atoms with E-state index in [1.807, 2.05) is 6.07 Å². The number of anilines is 1. The Morgan fingerprint density at radius 1 is 0.852 bits per heavy atom. The van der Waals surface area contributed by atoms with E-state index in [2.05, 4.69) is 5.32 Å². The van der Waals surface area contributed by atoms with Crippen LogP contribution in [0.15, 0.2) is 79.1 Å². The highest BCUT2D eigenvalue weighted by atomic mass is 16.2. The molecule has 0 bridgehead atoms. The topological polar surface area (TPSA) is 67.1 Å². The smallest absolute Gasteiger partial charge is 0.290 e. The Balaban J connectivity index is 1.78. The lowest BCUT2D eigenvalue weighted by Crippen LogP contribution is -2.40. The van der Waals surface area contributed by atoms with Crippen LogP contribution in [0.25, 0.3) is 0 Å². The predicted molar refractivity (Wildman–Crippen MR) is 102 cm³/mol. The lowest BCUT2D eigenvalue weighted by Gasteiger charge is -2.09.